The van der Waals surface area contributed by atoms with Crippen LogP contribution in [0.5, 0.6) is 0 Å². The molecule has 1 aliphatic rings. The molecule has 80 valence electrons. The van der Waals surface area contributed by atoms with Crippen molar-refractivity contribution in [2.75, 3.05) is 6.54 Å². The molecular formula is C11H16N4. The fraction of sp³-hybridized carbons (Fsp3) is 0.636. The summed E-state index contributed by atoms with van der Waals surface area (Å²) in [6, 6.07) is 2.14. The van der Waals surface area contributed by atoms with E-state index in [-0.39, 0.29) is 0 Å². The second-order valence-electron chi connectivity index (χ2n) is 4.03. The summed E-state index contributed by atoms with van der Waals surface area (Å²) in [4.78, 5) is 0. The zero-order valence-electron chi connectivity index (χ0n) is 8.82. The van der Waals surface area contributed by atoms with Gasteiger partial charge < -0.3 is 5.73 Å². The van der Waals surface area contributed by atoms with Crippen molar-refractivity contribution in [2.24, 2.45) is 5.73 Å². The minimum atomic E-state index is 0.366. The maximum absolute atomic E-state index is 8.68. The first-order valence-electron chi connectivity index (χ1n) is 5.48. The zero-order chi connectivity index (χ0) is 10.7. The Morgan fingerprint density at radius 1 is 1.67 bits per heavy atom. The van der Waals surface area contributed by atoms with Crippen LogP contribution in [0.4, 0.5) is 0 Å². The van der Waals surface area contributed by atoms with E-state index in [4.69, 9.17) is 11.0 Å². The van der Waals surface area contributed by atoms with E-state index in [1.807, 2.05) is 10.9 Å². The topological polar surface area (TPSA) is 67.6 Å². The third-order valence-electron chi connectivity index (χ3n) is 3.12. The van der Waals surface area contributed by atoms with Gasteiger partial charge in [0.1, 0.15) is 6.54 Å². The molecule has 0 spiro atoms. The average Bonchev–Trinajstić information content (AvgIpc) is 2.64. The Hall–Kier alpha value is -1.34. The van der Waals surface area contributed by atoms with Gasteiger partial charge in [0.15, 0.2) is 0 Å². The van der Waals surface area contributed by atoms with Crippen molar-refractivity contribution in [3.8, 4) is 6.07 Å². The number of nitrogens with two attached hydrogens (primary N) is 1. The molecule has 2 rings (SSSR count). The van der Waals surface area contributed by atoms with E-state index >= 15 is 0 Å². The van der Waals surface area contributed by atoms with E-state index in [9.17, 15) is 0 Å². The molecular weight excluding hydrogens is 188 g/mol. The quantitative estimate of drug-likeness (QED) is 0.803. The highest BCUT2D eigenvalue weighted by atomic mass is 15.3. The lowest BCUT2D eigenvalue weighted by Crippen LogP contribution is -2.15. The molecule has 0 fully saturated rings. The maximum Gasteiger partial charge on any atom is 0.128 e. The van der Waals surface area contributed by atoms with Gasteiger partial charge >= 0.3 is 0 Å². The van der Waals surface area contributed by atoms with Gasteiger partial charge in [0.2, 0.25) is 0 Å². The molecule has 0 saturated carbocycles. The summed E-state index contributed by atoms with van der Waals surface area (Å²) in [7, 11) is 0. The van der Waals surface area contributed by atoms with Crippen LogP contribution in [0.3, 0.4) is 0 Å². The van der Waals surface area contributed by atoms with E-state index in [2.05, 4.69) is 11.2 Å². The molecule has 0 bridgehead atoms. The second kappa shape index (κ2) is 4.45. The number of nitriles is 1. The van der Waals surface area contributed by atoms with Gasteiger partial charge in [-0.2, -0.15) is 10.4 Å². The van der Waals surface area contributed by atoms with E-state index in [1.165, 1.54) is 24.1 Å². The molecule has 1 unspecified atom stereocenters. The molecule has 0 radical (unpaired) electrons. The Labute approximate surface area is 89.7 Å². The molecule has 1 aliphatic carbocycles. The predicted molar refractivity (Wildman–Crippen MR) is 57.2 cm³/mol. The van der Waals surface area contributed by atoms with Crippen molar-refractivity contribution in [3.05, 3.63) is 17.5 Å². The third-order valence-corrected chi connectivity index (χ3v) is 3.12. The molecule has 15 heavy (non-hydrogen) atoms. The summed E-state index contributed by atoms with van der Waals surface area (Å²) in [5.74, 6) is 0.561. The minimum Gasteiger partial charge on any atom is -0.330 e. The fourth-order valence-electron chi connectivity index (χ4n) is 2.42. The van der Waals surface area contributed by atoms with Crippen LogP contribution in [0, 0.1) is 11.3 Å². The molecule has 0 saturated heterocycles. The van der Waals surface area contributed by atoms with E-state index in [0.717, 1.165) is 19.4 Å². The van der Waals surface area contributed by atoms with Crippen molar-refractivity contribution in [1.82, 2.24) is 9.78 Å². The van der Waals surface area contributed by atoms with E-state index in [1.54, 1.807) is 0 Å². The van der Waals surface area contributed by atoms with Crippen LogP contribution >= 0.6 is 0 Å². The maximum atomic E-state index is 8.68. The van der Waals surface area contributed by atoms with Crippen molar-refractivity contribution in [1.29, 1.82) is 5.26 Å². The average molecular weight is 204 g/mol. The molecule has 0 amide bonds. The highest BCUT2D eigenvalue weighted by Gasteiger charge is 2.23. The van der Waals surface area contributed by atoms with Gasteiger partial charge in [0.05, 0.1) is 12.3 Å². The fourth-order valence-corrected chi connectivity index (χ4v) is 2.42. The molecule has 1 aromatic rings. The normalized spacial score (nSPS) is 19.6. The van der Waals surface area contributed by atoms with Gasteiger partial charge in [-0.15, -0.1) is 0 Å². The molecule has 2 N–H and O–H groups in total. The van der Waals surface area contributed by atoms with Crippen molar-refractivity contribution in [2.45, 2.75) is 38.1 Å². The predicted octanol–water partition coefficient (Wildman–Crippen LogP) is 1.18. The smallest absolute Gasteiger partial charge is 0.128 e. The van der Waals surface area contributed by atoms with Gasteiger partial charge in [0.25, 0.3) is 0 Å². The Bertz CT molecular complexity index is 374. The Kier molecular flexibility index (Phi) is 3.02. The molecule has 1 atom stereocenters. The first-order chi connectivity index (χ1) is 7.36. The van der Waals surface area contributed by atoms with Crippen LogP contribution in [-0.2, 0) is 13.0 Å². The number of aromatic nitrogens is 2. The lowest BCUT2D eigenvalue weighted by atomic mass is 9.85. The molecule has 1 aromatic heterocycles. The summed E-state index contributed by atoms with van der Waals surface area (Å²) in [6.45, 7) is 1.10. The van der Waals surface area contributed by atoms with Crippen LogP contribution in [0.2, 0.25) is 0 Å². The number of rotatable bonds is 3. The second-order valence-corrected chi connectivity index (χ2v) is 4.03. The van der Waals surface area contributed by atoms with E-state index in [0.29, 0.717) is 12.5 Å². The first kappa shape index (κ1) is 10.2. The third kappa shape index (κ3) is 1.88. The van der Waals surface area contributed by atoms with Crippen LogP contribution in [0.25, 0.3) is 0 Å². The van der Waals surface area contributed by atoms with Crippen LogP contribution in [0.1, 0.15) is 36.4 Å². The highest BCUT2D eigenvalue weighted by molar-refractivity contribution is 5.25. The van der Waals surface area contributed by atoms with Crippen LogP contribution in [0.15, 0.2) is 6.20 Å². The molecule has 0 aliphatic heterocycles. The number of nitrogens with zero attached hydrogens (tertiary/aromatic N) is 3. The summed E-state index contributed by atoms with van der Waals surface area (Å²) < 4.78 is 1.83. The lowest BCUT2D eigenvalue weighted by molar-refractivity contribution is 0.508. The summed E-state index contributed by atoms with van der Waals surface area (Å²) in [6.07, 6.45) is 6.41. The Morgan fingerprint density at radius 3 is 3.27 bits per heavy atom. The zero-order valence-corrected chi connectivity index (χ0v) is 8.82. The lowest BCUT2D eigenvalue weighted by Gasteiger charge is -2.22. The van der Waals surface area contributed by atoms with Crippen molar-refractivity contribution in [3.63, 3.8) is 0 Å². The molecule has 0 aromatic carbocycles. The number of hydrogen-bond acceptors (Lipinski definition) is 3. The first-order valence-corrected chi connectivity index (χ1v) is 5.48. The van der Waals surface area contributed by atoms with E-state index < -0.39 is 0 Å². The molecule has 4 nitrogen and oxygen atoms in total. The Balaban J connectivity index is 2.26. The van der Waals surface area contributed by atoms with Gasteiger partial charge in [-0.25, -0.2) is 0 Å². The summed E-state index contributed by atoms with van der Waals surface area (Å²) in [5.41, 5.74) is 8.17. The van der Waals surface area contributed by atoms with Gasteiger partial charge in [-0.1, -0.05) is 0 Å². The monoisotopic (exact) mass is 204 g/mol. The van der Waals surface area contributed by atoms with Crippen LogP contribution in [-0.4, -0.2) is 16.3 Å². The standard InChI is InChI=1S/C11H16N4/c12-5-4-9-2-1-3-11-10(9)8-14-15(11)7-6-13/h8-9H,1-5,7,12H2. The van der Waals surface area contributed by atoms with Gasteiger partial charge in [-0.3, -0.25) is 4.68 Å². The highest BCUT2D eigenvalue weighted by Crippen LogP contribution is 2.33. The van der Waals surface area contributed by atoms with Crippen molar-refractivity contribution >= 4 is 0 Å². The number of hydrogen-bond donors (Lipinski definition) is 1. The molecule has 1 heterocycles. The Morgan fingerprint density at radius 2 is 2.53 bits per heavy atom. The summed E-state index contributed by atoms with van der Waals surface area (Å²) >= 11 is 0. The van der Waals surface area contributed by atoms with Crippen molar-refractivity contribution < 1.29 is 0 Å². The SMILES string of the molecule is N#CCn1ncc2c1CCCC2CCN. The van der Waals surface area contributed by atoms with Gasteiger partial charge in [-0.05, 0) is 43.7 Å². The van der Waals surface area contributed by atoms with Gasteiger partial charge in [0, 0.05) is 5.69 Å². The largest absolute Gasteiger partial charge is 0.330 e. The number of fused-ring (bicyclic) bond motifs is 1. The summed E-state index contributed by atoms with van der Waals surface area (Å²) in [5, 5.41) is 13.0. The van der Waals surface area contributed by atoms with Crippen LogP contribution < -0.4 is 5.73 Å². The molecule has 4 heteroatoms. The minimum absolute atomic E-state index is 0.366.